The van der Waals surface area contributed by atoms with Crippen LogP contribution in [0.15, 0.2) is 29.4 Å². The molecule has 1 aromatic rings. The fourth-order valence-corrected chi connectivity index (χ4v) is 1.45. The van der Waals surface area contributed by atoms with Gasteiger partial charge in [0.15, 0.2) is 5.03 Å². The van der Waals surface area contributed by atoms with Crippen LogP contribution in [0.2, 0.25) is 0 Å². The van der Waals surface area contributed by atoms with Gasteiger partial charge in [-0.15, -0.1) is 0 Å². The van der Waals surface area contributed by atoms with Gasteiger partial charge >= 0.3 is 10.0 Å². The summed E-state index contributed by atoms with van der Waals surface area (Å²) in [5.74, 6) is 0. The Balaban J connectivity index is 3.02. The van der Waals surface area contributed by atoms with Gasteiger partial charge in [0.25, 0.3) is 0 Å². The molecule has 0 amide bonds. The zero-order valence-corrected chi connectivity index (χ0v) is 7.06. The number of pyridine rings is 1. The highest BCUT2D eigenvalue weighted by Gasteiger charge is 2.18. The quantitative estimate of drug-likeness (QED) is 0.529. The van der Waals surface area contributed by atoms with Crippen molar-refractivity contribution in [1.82, 2.24) is 9.82 Å². The Bertz CT molecular complexity index is 401. The third-order valence-corrected chi connectivity index (χ3v) is 2.44. The van der Waals surface area contributed by atoms with Crippen LogP contribution in [-0.2, 0) is 10.0 Å². The summed E-state index contributed by atoms with van der Waals surface area (Å²) in [5, 5.41) is 8.76. The fourth-order valence-electron chi connectivity index (χ4n) is 0.668. The second-order valence-corrected chi connectivity index (χ2v) is 3.70. The third-order valence-electron chi connectivity index (χ3n) is 1.15. The molecule has 1 N–H and O–H groups in total. The summed E-state index contributed by atoms with van der Waals surface area (Å²) in [6.07, 6.45) is 2.46. The third kappa shape index (κ3) is 2.37. The van der Waals surface area contributed by atoms with Gasteiger partial charge in [-0.3, -0.25) is 4.98 Å². The van der Waals surface area contributed by atoms with Gasteiger partial charge in [0, 0.05) is 12.4 Å². The second-order valence-electron chi connectivity index (χ2n) is 2.03. The van der Waals surface area contributed by atoms with E-state index in [-0.39, 0.29) is 4.90 Å². The number of nitrogens with one attached hydrogen (secondary N) is 1. The van der Waals surface area contributed by atoms with Crippen molar-refractivity contribution in [2.24, 2.45) is 0 Å². The number of hydrazine groups is 1. The molecular weight excluding hydrogens is 198 g/mol. The van der Waals surface area contributed by atoms with Crippen molar-refractivity contribution in [3.05, 3.63) is 34.6 Å². The number of rotatable bonds is 3. The van der Waals surface area contributed by atoms with Crippen LogP contribution in [0.4, 0.5) is 0 Å². The van der Waals surface area contributed by atoms with Crippen molar-refractivity contribution in [3.63, 3.8) is 0 Å². The van der Waals surface area contributed by atoms with E-state index < -0.39 is 15.1 Å². The largest absolute Gasteiger partial charge is 0.311 e. The summed E-state index contributed by atoms with van der Waals surface area (Å²) < 4.78 is 22.1. The molecule has 1 rings (SSSR count). The van der Waals surface area contributed by atoms with E-state index in [1.54, 1.807) is 0 Å². The Kier molecular flexibility index (Phi) is 2.42. The second kappa shape index (κ2) is 3.35. The molecule has 13 heavy (non-hydrogen) atoms. The smallest absolute Gasteiger partial charge is 0.265 e. The maximum atomic E-state index is 11.1. The van der Waals surface area contributed by atoms with Crippen LogP contribution >= 0.6 is 0 Å². The Hall–Kier alpha value is -1.70. The van der Waals surface area contributed by atoms with E-state index >= 15 is 0 Å². The van der Waals surface area contributed by atoms with E-state index in [0.29, 0.717) is 0 Å². The Morgan fingerprint density at radius 2 is 1.92 bits per heavy atom. The van der Waals surface area contributed by atoms with E-state index in [0.717, 1.165) is 12.1 Å². The molecule has 70 valence electrons. The van der Waals surface area contributed by atoms with Gasteiger partial charge in [-0.25, -0.2) is 10.1 Å². The molecule has 0 radical (unpaired) electrons. The molecule has 7 nitrogen and oxygen atoms in total. The average Bonchev–Trinajstić information content (AvgIpc) is 2.04. The summed E-state index contributed by atoms with van der Waals surface area (Å²) in [7, 11) is -4.05. The SMILES string of the molecule is O=[N+]([O-])NS(=O)(=O)c1ccncc1. The first-order chi connectivity index (χ1) is 6.02. The van der Waals surface area contributed by atoms with Crippen molar-refractivity contribution in [3.8, 4) is 0 Å². The Labute approximate surface area is 73.6 Å². The van der Waals surface area contributed by atoms with Crippen molar-refractivity contribution in [2.45, 2.75) is 4.90 Å². The zero-order valence-electron chi connectivity index (χ0n) is 6.25. The molecule has 0 aliphatic heterocycles. The highest BCUT2D eigenvalue weighted by atomic mass is 32.2. The number of hydrogen-bond donors (Lipinski definition) is 1. The number of nitro groups is 1. The van der Waals surface area contributed by atoms with Crippen LogP contribution in [0.1, 0.15) is 0 Å². The van der Waals surface area contributed by atoms with Gasteiger partial charge in [0.2, 0.25) is 0 Å². The zero-order chi connectivity index (χ0) is 9.90. The molecule has 0 atom stereocenters. The van der Waals surface area contributed by atoms with Crippen LogP contribution in [0, 0.1) is 10.1 Å². The predicted molar refractivity (Wildman–Crippen MR) is 41.6 cm³/mol. The predicted octanol–water partition coefficient (Wildman–Crippen LogP) is -0.448. The van der Waals surface area contributed by atoms with E-state index in [1.165, 1.54) is 17.2 Å². The molecule has 1 aromatic heterocycles. The van der Waals surface area contributed by atoms with Crippen LogP contribution in [0.3, 0.4) is 0 Å². The minimum Gasteiger partial charge on any atom is -0.265 e. The summed E-state index contributed by atoms with van der Waals surface area (Å²) >= 11 is 0. The monoisotopic (exact) mass is 203 g/mol. The number of sulfonamides is 1. The maximum Gasteiger partial charge on any atom is 0.311 e. The van der Waals surface area contributed by atoms with Crippen LogP contribution in [0.25, 0.3) is 0 Å². The molecule has 0 bridgehead atoms. The molecule has 0 saturated carbocycles. The van der Waals surface area contributed by atoms with Gasteiger partial charge in [-0.2, -0.15) is 8.42 Å². The topological polar surface area (TPSA) is 102 Å². The molecule has 0 aliphatic carbocycles. The molecule has 8 heteroatoms. The van der Waals surface area contributed by atoms with E-state index in [4.69, 9.17) is 0 Å². The maximum absolute atomic E-state index is 11.1. The lowest BCUT2D eigenvalue weighted by Crippen LogP contribution is -2.29. The van der Waals surface area contributed by atoms with Crippen LogP contribution in [0.5, 0.6) is 0 Å². The minimum absolute atomic E-state index is 0.195. The highest BCUT2D eigenvalue weighted by molar-refractivity contribution is 7.89. The standard InChI is InChI=1S/C5H5N3O4S/c9-8(10)7-13(11,12)5-1-3-6-4-2-5/h1-4,7H. The molecule has 1 heterocycles. The van der Waals surface area contributed by atoms with E-state index in [1.807, 2.05) is 0 Å². The lowest BCUT2D eigenvalue weighted by Gasteiger charge is -1.98. The molecular formula is C5H5N3O4S. The number of hydrogen-bond acceptors (Lipinski definition) is 5. The highest BCUT2D eigenvalue weighted by Crippen LogP contribution is 2.04. The van der Waals surface area contributed by atoms with E-state index in [2.05, 4.69) is 4.98 Å². The number of nitrogens with zero attached hydrogens (tertiary/aromatic N) is 2. The van der Waals surface area contributed by atoms with Crippen molar-refractivity contribution >= 4 is 10.0 Å². The Morgan fingerprint density at radius 3 is 2.38 bits per heavy atom. The first-order valence-electron chi connectivity index (χ1n) is 3.09. The van der Waals surface area contributed by atoms with Crippen molar-refractivity contribution in [2.75, 3.05) is 0 Å². The summed E-state index contributed by atoms with van der Waals surface area (Å²) in [6, 6.07) is 2.32. The van der Waals surface area contributed by atoms with Crippen LogP contribution < -0.4 is 4.83 Å². The molecule has 0 aromatic carbocycles. The summed E-state index contributed by atoms with van der Waals surface area (Å²) in [5.41, 5.74) is 0. The lowest BCUT2D eigenvalue weighted by molar-refractivity contribution is -0.518. The Morgan fingerprint density at radius 1 is 1.38 bits per heavy atom. The van der Waals surface area contributed by atoms with Gasteiger partial charge in [0.05, 0.1) is 4.90 Å². The lowest BCUT2D eigenvalue weighted by atomic mass is 10.5. The van der Waals surface area contributed by atoms with E-state index in [9.17, 15) is 18.5 Å². The first kappa shape index (κ1) is 9.39. The van der Waals surface area contributed by atoms with Gasteiger partial charge in [-0.1, -0.05) is 0 Å². The first-order valence-corrected chi connectivity index (χ1v) is 4.57. The summed E-state index contributed by atoms with van der Waals surface area (Å²) in [6.45, 7) is 0. The molecule has 0 unspecified atom stereocenters. The summed E-state index contributed by atoms with van der Waals surface area (Å²) in [4.78, 5) is 14.5. The number of aromatic nitrogens is 1. The normalized spacial score (nSPS) is 10.8. The van der Waals surface area contributed by atoms with Gasteiger partial charge in [-0.05, 0) is 17.0 Å². The molecule has 0 saturated heterocycles. The van der Waals surface area contributed by atoms with Gasteiger partial charge in [0.1, 0.15) is 0 Å². The fraction of sp³-hybridized carbons (Fsp3) is 0. The van der Waals surface area contributed by atoms with Crippen molar-refractivity contribution < 1.29 is 13.5 Å². The van der Waals surface area contributed by atoms with Crippen molar-refractivity contribution in [1.29, 1.82) is 0 Å². The molecule has 0 spiro atoms. The van der Waals surface area contributed by atoms with Gasteiger partial charge < -0.3 is 0 Å². The molecule has 0 fully saturated rings. The minimum atomic E-state index is -4.05. The molecule has 0 aliphatic rings. The average molecular weight is 203 g/mol. The van der Waals surface area contributed by atoms with Crippen LogP contribution in [-0.4, -0.2) is 18.4 Å².